The van der Waals surface area contributed by atoms with Gasteiger partial charge in [0.25, 0.3) is 0 Å². The number of nitrogen functional groups attached to an aromatic ring is 1. The molecule has 10 nitrogen and oxygen atoms in total. The van der Waals surface area contributed by atoms with Gasteiger partial charge < -0.3 is 41.0 Å². The van der Waals surface area contributed by atoms with Crippen LogP contribution in [0, 0.1) is 0 Å². The number of phenols is 1. The highest BCUT2D eigenvalue weighted by molar-refractivity contribution is 7.13. The van der Waals surface area contributed by atoms with Crippen molar-refractivity contribution >= 4 is 28.5 Å². The lowest BCUT2D eigenvalue weighted by Gasteiger charge is -2.32. The number of aliphatic hydroxyl groups excluding tert-OH is 3. The molecular weight excluding hydrogens is 462 g/mol. The first-order valence-electron chi connectivity index (χ1n) is 11.1. The molecule has 7 N–H and O–H groups in total. The summed E-state index contributed by atoms with van der Waals surface area (Å²) in [6.07, 6.45) is -0.317. The van der Waals surface area contributed by atoms with Gasteiger partial charge in [-0.1, -0.05) is 6.07 Å². The lowest BCUT2D eigenvalue weighted by Crippen LogP contribution is -2.53. The number of nitrogens with two attached hydrogens (primary N) is 1. The van der Waals surface area contributed by atoms with Crippen molar-refractivity contribution in [1.82, 2.24) is 10.3 Å². The number of aliphatic hydroxyl groups is 3. The van der Waals surface area contributed by atoms with Crippen molar-refractivity contribution in [3.05, 3.63) is 40.4 Å². The topological polar surface area (TPSA) is 167 Å². The van der Waals surface area contributed by atoms with Crippen LogP contribution in [0.1, 0.15) is 50.0 Å². The largest absolute Gasteiger partial charge is 0.504 e. The van der Waals surface area contributed by atoms with Crippen LogP contribution >= 0.6 is 11.3 Å². The molecule has 1 aliphatic carbocycles. The van der Waals surface area contributed by atoms with Gasteiger partial charge in [-0.15, -0.1) is 11.3 Å². The molecule has 184 valence electrons. The van der Waals surface area contributed by atoms with Gasteiger partial charge in [-0.2, -0.15) is 0 Å². The third kappa shape index (κ3) is 5.50. The molecule has 6 atom stereocenters. The number of thiazole rings is 1. The van der Waals surface area contributed by atoms with E-state index < -0.39 is 42.7 Å². The molecule has 4 rings (SSSR count). The van der Waals surface area contributed by atoms with Crippen LogP contribution in [0.3, 0.4) is 0 Å². The lowest BCUT2D eigenvalue weighted by molar-refractivity contribution is -0.121. The number of anilines is 1. The number of aromatic hydroxyl groups is 1. The second kappa shape index (κ2) is 10.3. The molecular formula is C23H29N3O7S. The standard InChI is InChI=1S/C23H29N3O7S/c1-11(21(31)26-20-14(27)3-2-4-15(20)28)7-12-5-6-18(16(29)8-12)32-22-17(30)9-19(33-22)13-10-34-23(24)25-13/h5-8,10,14-15,17,19-20,22,27-30H,2-4,9H2,1H3,(H2,24,25)(H,26,31)/b11-7+/t14-,15+,17-,19-,20?,22?/m0/s1. The van der Waals surface area contributed by atoms with Crippen molar-refractivity contribution in [1.29, 1.82) is 0 Å². The predicted octanol–water partition coefficient (Wildman–Crippen LogP) is 1.45. The van der Waals surface area contributed by atoms with Crippen LogP contribution in [-0.2, 0) is 9.53 Å². The number of ether oxygens (including phenoxy) is 2. The Morgan fingerprint density at radius 2 is 2.00 bits per heavy atom. The average molecular weight is 492 g/mol. The maximum absolute atomic E-state index is 12.5. The number of rotatable bonds is 6. The minimum atomic E-state index is -0.985. The number of nitrogens with one attached hydrogen (secondary N) is 1. The third-order valence-corrected chi connectivity index (χ3v) is 6.72. The minimum absolute atomic E-state index is 0.121. The average Bonchev–Trinajstić information content (AvgIpc) is 3.38. The van der Waals surface area contributed by atoms with Crippen LogP contribution in [0.15, 0.2) is 29.2 Å². The number of hydrogen-bond acceptors (Lipinski definition) is 10. The summed E-state index contributed by atoms with van der Waals surface area (Å²) in [5, 5.41) is 45.7. The fourth-order valence-electron chi connectivity index (χ4n) is 4.16. The Hall–Kier alpha value is -2.70. The Morgan fingerprint density at radius 3 is 2.65 bits per heavy atom. The second-order valence-corrected chi connectivity index (χ2v) is 9.53. The summed E-state index contributed by atoms with van der Waals surface area (Å²) in [6.45, 7) is 1.60. The number of amides is 1. The third-order valence-electron chi connectivity index (χ3n) is 6.03. The van der Waals surface area contributed by atoms with Gasteiger partial charge >= 0.3 is 0 Å². The van der Waals surface area contributed by atoms with Gasteiger partial charge in [0.2, 0.25) is 12.2 Å². The first kappa shape index (κ1) is 24.4. The van der Waals surface area contributed by atoms with E-state index in [1.807, 2.05) is 0 Å². The van der Waals surface area contributed by atoms with Gasteiger partial charge in [-0.3, -0.25) is 4.79 Å². The van der Waals surface area contributed by atoms with Crippen molar-refractivity contribution in [3.63, 3.8) is 0 Å². The van der Waals surface area contributed by atoms with Crippen LogP contribution in [0.2, 0.25) is 0 Å². The highest BCUT2D eigenvalue weighted by atomic mass is 32.1. The molecule has 0 bridgehead atoms. The molecule has 11 heteroatoms. The van der Waals surface area contributed by atoms with Crippen molar-refractivity contribution in [2.75, 3.05) is 5.73 Å². The molecule has 2 heterocycles. The van der Waals surface area contributed by atoms with Gasteiger partial charge in [0, 0.05) is 17.4 Å². The SMILES string of the molecule is C/C(=C\c1ccc(OC2O[C@H](c3csc(N)n3)C[C@@H]2O)c(O)c1)C(=O)NC1[C@H](O)CCC[C@@H]1O. The first-order valence-corrected chi connectivity index (χ1v) is 12.0. The van der Waals surface area contributed by atoms with Crippen LogP contribution < -0.4 is 15.8 Å². The van der Waals surface area contributed by atoms with Crippen molar-refractivity contribution in [2.24, 2.45) is 0 Å². The van der Waals surface area contributed by atoms with E-state index in [0.717, 1.165) is 0 Å². The van der Waals surface area contributed by atoms with Crippen molar-refractivity contribution in [2.45, 2.75) is 69.4 Å². The quantitative estimate of drug-likeness (QED) is 0.328. The number of nitrogens with zero attached hydrogens (tertiary/aromatic N) is 1. The summed E-state index contributed by atoms with van der Waals surface area (Å²) >= 11 is 1.28. The van der Waals surface area contributed by atoms with Gasteiger partial charge in [0.15, 0.2) is 16.6 Å². The summed E-state index contributed by atoms with van der Waals surface area (Å²) in [6, 6.07) is 3.88. The van der Waals surface area contributed by atoms with Gasteiger partial charge in [-0.25, -0.2) is 4.98 Å². The molecule has 34 heavy (non-hydrogen) atoms. The smallest absolute Gasteiger partial charge is 0.247 e. The summed E-state index contributed by atoms with van der Waals surface area (Å²) < 4.78 is 11.4. The molecule has 1 aromatic heterocycles. The number of hydrogen-bond donors (Lipinski definition) is 6. The number of carbonyl (C=O) groups excluding carboxylic acids is 1. The van der Waals surface area contributed by atoms with E-state index in [1.54, 1.807) is 24.4 Å². The molecule has 1 saturated carbocycles. The Kier molecular flexibility index (Phi) is 7.39. The first-order chi connectivity index (χ1) is 16.2. The summed E-state index contributed by atoms with van der Waals surface area (Å²) in [5.74, 6) is -0.478. The Labute approximate surface area is 200 Å². The molecule has 2 aliphatic rings. The Balaban J connectivity index is 1.38. The van der Waals surface area contributed by atoms with Gasteiger partial charge in [-0.05, 0) is 50.0 Å². The van der Waals surface area contributed by atoms with E-state index in [4.69, 9.17) is 15.2 Å². The monoisotopic (exact) mass is 491 g/mol. The zero-order valence-corrected chi connectivity index (χ0v) is 19.4. The summed E-state index contributed by atoms with van der Waals surface area (Å²) in [4.78, 5) is 16.7. The molecule has 1 aliphatic heterocycles. The highest BCUT2D eigenvalue weighted by Gasteiger charge is 2.38. The molecule has 1 saturated heterocycles. The number of benzene rings is 1. The highest BCUT2D eigenvalue weighted by Crippen LogP contribution is 2.37. The van der Waals surface area contributed by atoms with Crippen molar-refractivity contribution in [3.8, 4) is 11.5 Å². The normalized spacial score (nSPS) is 29.7. The molecule has 1 aromatic carbocycles. The number of phenolic OH excluding ortho intramolecular Hbond substituents is 1. The minimum Gasteiger partial charge on any atom is -0.504 e. The van der Waals surface area contributed by atoms with Gasteiger partial charge in [0.05, 0.1) is 23.9 Å². The van der Waals surface area contributed by atoms with E-state index in [9.17, 15) is 25.2 Å². The van der Waals surface area contributed by atoms with E-state index in [-0.39, 0.29) is 17.9 Å². The fraction of sp³-hybridized carbons (Fsp3) is 0.478. The maximum Gasteiger partial charge on any atom is 0.247 e. The fourth-order valence-corrected chi connectivity index (χ4v) is 4.76. The molecule has 1 amide bonds. The molecule has 2 unspecified atom stereocenters. The predicted molar refractivity (Wildman–Crippen MR) is 125 cm³/mol. The number of carbonyl (C=O) groups is 1. The summed E-state index contributed by atoms with van der Waals surface area (Å²) in [5.41, 5.74) is 7.18. The Bertz CT molecular complexity index is 1050. The summed E-state index contributed by atoms with van der Waals surface area (Å²) in [7, 11) is 0. The van der Waals surface area contributed by atoms with E-state index >= 15 is 0 Å². The zero-order chi connectivity index (χ0) is 24.4. The van der Waals surface area contributed by atoms with Crippen molar-refractivity contribution < 1.29 is 34.7 Å². The number of aromatic nitrogens is 1. The van der Waals surface area contributed by atoms with Gasteiger partial charge in [0.1, 0.15) is 12.2 Å². The maximum atomic E-state index is 12.5. The molecule has 2 fully saturated rings. The van der Waals surface area contributed by atoms with E-state index in [2.05, 4.69) is 10.3 Å². The molecule has 0 radical (unpaired) electrons. The van der Waals surface area contributed by atoms with Crippen LogP contribution in [-0.4, -0.2) is 62.0 Å². The van der Waals surface area contributed by atoms with Crippen LogP contribution in [0.5, 0.6) is 11.5 Å². The lowest BCUT2D eigenvalue weighted by atomic mass is 9.89. The second-order valence-electron chi connectivity index (χ2n) is 8.64. The Morgan fingerprint density at radius 1 is 1.26 bits per heavy atom. The van der Waals surface area contributed by atoms with E-state index in [0.29, 0.717) is 41.2 Å². The molecule has 0 spiro atoms. The zero-order valence-electron chi connectivity index (χ0n) is 18.6. The van der Waals surface area contributed by atoms with E-state index in [1.165, 1.54) is 23.5 Å². The van der Waals surface area contributed by atoms with Crippen LogP contribution in [0.25, 0.3) is 6.08 Å². The molecule has 2 aromatic rings. The van der Waals surface area contributed by atoms with Crippen LogP contribution in [0.4, 0.5) is 5.13 Å².